The predicted molar refractivity (Wildman–Crippen MR) is 65.8 cm³/mol. The number of rotatable bonds is 7. The summed E-state index contributed by atoms with van der Waals surface area (Å²) in [7, 11) is 0. The van der Waals surface area contributed by atoms with E-state index in [2.05, 4.69) is 10.6 Å². The van der Waals surface area contributed by atoms with Crippen LogP contribution in [-0.2, 0) is 9.53 Å². The first-order chi connectivity index (χ1) is 8.19. The molecule has 0 aromatic rings. The maximum absolute atomic E-state index is 12.0. The van der Waals surface area contributed by atoms with Crippen LogP contribution in [-0.4, -0.2) is 49.5 Å². The second-order valence-corrected chi connectivity index (χ2v) is 4.66. The lowest BCUT2D eigenvalue weighted by molar-refractivity contribution is -0.128. The molecule has 0 aromatic carbocycles. The number of hydrogen-bond donors (Lipinski definition) is 3. The summed E-state index contributed by atoms with van der Waals surface area (Å²) in [4.78, 5) is 12.0. The van der Waals surface area contributed by atoms with Crippen molar-refractivity contribution in [2.24, 2.45) is 0 Å². The molecule has 1 amide bonds. The lowest BCUT2D eigenvalue weighted by Gasteiger charge is -2.33. The van der Waals surface area contributed by atoms with Crippen molar-refractivity contribution in [1.82, 2.24) is 10.6 Å². The van der Waals surface area contributed by atoms with Gasteiger partial charge in [-0.15, -0.1) is 0 Å². The second-order valence-electron chi connectivity index (χ2n) is 4.66. The van der Waals surface area contributed by atoms with Gasteiger partial charge in [-0.2, -0.15) is 0 Å². The Morgan fingerprint density at radius 2 is 2.29 bits per heavy atom. The molecule has 1 heterocycles. The quantitative estimate of drug-likeness (QED) is 0.553. The summed E-state index contributed by atoms with van der Waals surface area (Å²) in [6.45, 7) is 4.50. The molecule has 1 atom stereocenters. The fourth-order valence-corrected chi connectivity index (χ4v) is 1.99. The van der Waals surface area contributed by atoms with E-state index in [1.807, 2.05) is 6.92 Å². The fourth-order valence-electron chi connectivity index (χ4n) is 1.99. The molecule has 0 aliphatic carbocycles. The van der Waals surface area contributed by atoms with Gasteiger partial charge in [-0.05, 0) is 39.2 Å². The Kier molecular flexibility index (Phi) is 6.47. The van der Waals surface area contributed by atoms with Crippen molar-refractivity contribution in [1.29, 1.82) is 0 Å². The highest BCUT2D eigenvalue weighted by molar-refractivity contribution is 5.85. The highest BCUT2D eigenvalue weighted by atomic mass is 16.5. The predicted octanol–water partition coefficient (Wildman–Crippen LogP) is 0.0338. The van der Waals surface area contributed by atoms with Crippen LogP contribution >= 0.6 is 0 Å². The minimum Gasteiger partial charge on any atom is -0.394 e. The van der Waals surface area contributed by atoms with Crippen LogP contribution in [0.4, 0.5) is 0 Å². The van der Waals surface area contributed by atoms with Gasteiger partial charge >= 0.3 is 0 Å². The Hall–Kier alpha value is -0.650. The average Bonchev–Trinajstić information content (AvgIpc) is 2.34. The molecule has 0 saturated carbocycles. The number of carbonyl (C=O) groups excluding carboxylic acids is 1. The molecule has 0 bridgehead atoms. The molecule has 5 heteroatoms. The average molecular weight is 244 g/mol. The van der Waals surface area contributed by atoms with Crippen molar-refractivity contribution in [3.8, 4) is 0 Å². The van der Waals surface area contributed by atoms with Gasteiger partial charge in [0.15, 0.2) is 0 Å². The van der Waals surface area contributed by atoms with E-state index in [4.69, 9.17) is 9.84 Å². The molecule has 1 aliphatic heterocycles. The first-order valence-electron chi connectivity index (χ1n) is 6.41. The van der Waals surface area contributed by atoms with Gasteiger partial charge in [-0.25, -0.2) is 0 Å². The largest absolute Gasteiger partial charge is 0.394 e. The van der Waals surface area contributed by atoms with E-state index in [1.54, 1.807) is 0 Å². The smallest absolute Gasteiger partial charge is 0.240 e. The van der Waals surface area contributed by atoms with Crippen LogP contribution < -0.4 is 10.6 Å². The Balaban J connectivity index is 2.11. The molecule has 1 saturated heterocycles. The van der Waals surface area contributed by atoms with Crippen molar-refractivity contribution in [2.45, 2.75) is 38.1 Å². The first-order valence-corrected chi connectivity index (χ1v) is 6.41. The van der Waals surface area contributed by atoms with E-state index in [0.29, 0.717) is 19.8 Å². The fraction of sp³-hybridized carbons (Fsp3) is 0.917. The number of piperidine rings is 1. The second kappa shape index (κ2) is 7.63. The monoisotopic (exact) mass is 244 g/mol. The van der Waals surface area contributed by atoms with Crippen LogP contribution in [0.15, 0.2) is 0 Å². The summed E-state index contributed by atoms with van der Waals surface area (Å²) in [5, 5.41) is 14.7. The van der Waals surface area contributed by atoms with E-state index in [9.17, 15) is 4.79 Å². The zero-order valence-corrected chi connectivity index (χ0v) is 10.6. The van der Waals surface area contributed by atoms with Crippen molar-refractivity contribution < 1.29 is 14.6 Å². The number of aliphatic hydroxyl groups is 1. The van der Waals surface area contributed by atoms with E-state index in [-0.39, 0.29) is 12.5 Å². The first kappa shape index (κ1) is 14.4. The van der Waals surface area contributed by atoms with Crippen LogP contribution in [0.1, 0.15) is 32.6 Å². The molecule has 1 fully saturated rings. The van der Waals surface area contributed by atoms with Gasteiger partial charge in [-0.3, -0.25) is 4.79 Å². The van der Waals surface area contributed by atoms with Crippen molar-refractivity contribution in [3.63, 3.8) is 0 Å². The minimum absolute atomic E-state index is 0.0500. The van der Waals surface area contributed by atoms with Crippen molar-refractivity contribution >= 4 is 5.91 Å². The van der Waals surface area contributed by atoms with Gasteiger partial charge in [0, 0.05) is 13.2 Å². The normalized spacial score (nSPS) is 24.6. The van der Waals surface area contributed by atoms with Gasteiger partial charge in [0.2, 0.25) is 5.91 Å². The van der Waals surface area contributed by atoms with Crippen LogP contribution in [0, 0.1) is 0 Å². The third-order valence-corrected chi connectivity index (χ3v) is 3.11. The zero-order chi connectivity index (χ0) is 12.6. The highest BCUT2D eigenvalue weighted by Crippen LogP contribution is 2.18. The molecule has 0 spiro atoms. The highest BCUT2D eigenvalue weighted by Gasteiger charge is 2.33. The van der Waals surface area contributed by atoms with E-state index >= 15 is 0 Å². The summed E-state index contributed by atoms with van der Waals surface area (Å²) >= 11 is 0. The van der Waals surface area contributed by atoms with Gasteiger partial charge in [-0.1, -0.05) is 0 Å². The van der Waals surface area contributed by atoms with Gasteiger partial charge in [0.05, 0.1) is 18.8 Å². The number of hydrogen-bond acceptors (Lipinski definition) is 4. The Labute approximate surface area is 103 Å². The topological polar surface area (TPSA) is 70.6 Å². The minimum atomic E-state index is -0.399. The Bertz CT molecular complexity index is 228. The molecule has 100 valence electrons. The molecular weight excluding hydrogens is 220 g/mol. The molecule has 1 unspecified atom stereocenters. The summed E-state index contributed by atoms with van der Waals surface area (Å²) < 4.78 is 5.12. The summed E-state index contributed by atoms with van der Waals surface area (Å²) in [6, 6.07) is 0. The van der Waals surface area contributed by atoms with E-state index in [0.717, 1.165) is 32.2 Å². The van der Waals surface area contributed by atoms with Gasteiger partial charge in [0.25, 0.3) is 0 Å². The Morgan fingerprint density at radius 3 is 2.94 bits per heavy atom. The number of amides is 1. The summed E-state index contributed by atoms with van der Waals surface area (Å²) in [6.07, 6.45) is 3.94. The third kappa shape index (κ3) is 5.02. The Morgan fingerprint density at radius 1 is 1.47 bits per heavy atom. The van der Waals surface area contributed by atoms with Crippen LogP contribution in [0.2, 0.25) is 0 Å². The number of ether oxygens (including phenoxy) is 1. The third-order valence-electron chi connectivity index (χ3n) is 3.11. The van der Waals surface area contributed by atoms with Crippen LogP contribution in [0.5, 0.6) is 0 Å². The van der Waals surface area contributed by atoms with Crippen LogP contribution in [0.3, 0.4) is 0 Å². The number of nitrogens with one attached hydrogen (secondary N) is 2. The molecule has 0 aromatic heterocycles. The molecular formula is C12H24N2O3. The van der Waals surface area contributed by atoms with Gasteiger partial charge in [0.1, 0.15) is 0 Å². The molecule has 5 nitrogen and oxygen atoms in total. The maximum Gasteiger partial charge on any atom is 0.240 e. The van der Waals surface area contributed by atoms with Crippen molar-refractivity contribution in [2.75, 3.05) is 32.9 Å². The van der Waals surface area contributed by atoms with Crippen molar-refractivity contribution in [3.05, 3.63) is 0 Å². The summed E-state index contributed by atoms with van der Waals surface area (Å²) in [5.74, 6) is 0.0827. The SMILES string of the molecule is CC1(C(=O)NCCCOCCO)CCCCN1. The molecule has 1 aliphatic rings. The lowest BCUT2D eigenvalue weighted by Crippen LogP contribution is -2.57. The van der Waals surface area contributed by atoms with E-state index in [1.165, 1.54) is 0 Å². The molecule has 0 radical (unpaired) electrons. The maximum atomic E-state index is 12.0. The summed E-state index contributed by atoms with van der Waals surface area (Å²) in [5.41, 5.74) is -0.399. The van der Waals surface area contributed by atoms with E-state index < -0.39 is 5.54 Å². The number of aliphatic hydroxyl groups excluding tert-OH is 1. The van der Waals surface area contributed by atoms with Crippen LogP contribution in [0.25, 0.3) is 0 Å². The van der Waals surface area contributed by atoms with Gasteiger partial charge < -0.3 is 20.5 Å². The standard InChI is InChI=1S/C12H24N2O3/c1-12(5-2-3-7-14-12)11(16)13-6-4-9-17-10-8-15/h14-15H,2-10H2,1H3,(H,13,16). The zero-order valence-electron chi connectivity index (χ0n) is 10.6. The lowest BCUT2D eigenvalue weighted by atomic mass is 9.90. The molecule has 1 rings (SSSR count). The number of carbonyl (C=O) groups is 1. The molecule has 17 heavy (non-hydrogen) atoms. The molecule has 3 N–H and O–H groups in total.